The number of tetrazole rings is 1. The van der Waals surface area contributed by atoms with Crippen LogP contribution in [0, 0.1) is 6.92 Å². The highest BCUT2D eigenvalue weighted by Gasteiger charge is 2.28. The number of aryl methyl sites for hydroxylation is 1. The van der Waals surface area contributed by atoms with Gasteiger partial charge in [-0.3, -0.25) is 0 Å². The molecule has 1 aliphatic carbocycles. The van der Waals surface area contributed by atoms with Crippen molar-refractivity contribution in [2.45, 2.75) is 42.6 Å². The molecule has 2 aromatic rings. The SMILES string of the molecule is Cc1cc(CO)cnc1Sc1nnnn1C1CC1. The summed E-state index contributed by atoms with van der Waals surface area (Å²) in [6, 6.07) is 2.39. The van der Waals surface area contributed by atoms with Crippen LogP contribution in [0.1, 0.15) is 30.0 Å². The Bertz CT molecular complexity index is 566. The van der Waals surface area contributed by atoms with Crippen molar-refractivity contribution in [1.82, 2.24) is 25.2 Å². The number of aliphatic hydroxyl groups is 1. The molecule has 1 saturated carbocycles. The Labute approximate surface area is 108 Å². The van der Waals surface area contributed by atoms with Crippen LogP contribution in [0.2, 0.25) is 0 Å². The molecule has 0 amide bonds. The maximum atomic E-state index is 9.05. The zero-order valence-electron chi connectivity index (χ0n) is 9.94. The first-order chi connectivity index (χ1) is 8.78. The third-order valence-electron chi connectivity index (χ3n) is 2.81. The number of aromatic nitrogens is 5. The monoisotopic (exact) mass is 263 g/mol. The van der Waals surface area contributed by atoms with Crippen molar-refractivity contribution < 1.29 is 5.11 Å². The van der Waals surface area contributed by atoms with Crippen LogP contribution >= 0.6 is 11.8 Å². The van der Waals surface area contributed by atoms with Crippen LogP contribution in [-0.4, -0.2) is 30.3 Å². The van der Waals surface area contributed by atoms with Gasteiger partial charge in [0.25, 0.3) is 0 Å². The molecule has 0 radical (unpaired) electrons. The first-order valence-corrected chi connectivity index (χ1v) is 6.61. The van der Waals surface area contributed by atoms with E-state index in [1.54, 1.807) is 6.20 Å². The van der Waals surface area contributed by atoms with E-state index in [2.05, 4.69) is 20.5 Å². The zero-order valence-corrected chi connectivity index (χ0v) is 10.8. The molecule has 0 aliphatic heterocycles. The van der Waals surface area contributed by atoms with Crippen molar-refractivity contribution in [1.29, 1.82) is 0 Å². The number of hydrogen-bond acceptors (Lipinski definition) is 6. The Hall–Kier alpha value is -1.47. The molecular formula is C11H13N5OS. The molecular weight excluding hydrogens is 250 g/mol. The molecule has 1 fully saturated rings. The van der Waals surface area contributed by atoms with Crippen molar-refractivity contribution in [3.8, 4) is 0 Å². The van der Waals surface area contributed by atoms with E-state index < -0.39 is 0 Å². The van der Waals surface area contributed by atoms with Crippen molar-refractivity contribution in [2.24, 2.45) is 0 Å². The zero-order chi connectivity index (χ0) is 12.5. The lowest BCUT2D eigenvalue weighted by Gasteiger charge is -2.05. The molecule has 1 aliphatic rings. The first-order valence-electron chi connectivity index (χ1n) is 5.80. The minimum Gasteiger partial charge on any atom is -0.392 e. The van der Waals surface area contributed by atoms with Crippen molar-refractivity contribution in [3.63, 3.8) is 0 Å². The fraction of sp³-hybridized carbons (Fsp3) is 0.455. The Kier molecular flexibility index (Phi) is 3.00. The van der Waals surface area contributed by atoms with Gasteiger partial charge in [0.1, 0.15) is 5.03 Å². The second-order valence-corrected chi connectivity index (χ2v) is 5.32. The van der Waals surface area contributed by atoms with Crippen LogP contribution in [0.5, 0.6) is 0 Å². The van der Waals surface area contributed by atoms with E-state index in [9.17, 15) is 0 Å². The predicted molar refractivity (Wildman–Crippen MR) is 65.1 cm³/mol. The lowest BCUT2D eigenvalue weighted by molar-refractivity contribution is 0.281. The van der Waals surface area contributed by atoms with Gasteiger partial charge in [0.15, 0.2) is 0 Å². The maximum Gasteiger partial charge on any atom is 0.215 e. The summed E-state index contributed by atoms with van der Waals surface area (Å²) in [4.78, 5) is 4.34. The largest absolute Gasteiger partial charge is 0.392 e. The number of aliphatic hydroxyl groups excluding tert-OH is 1. The smallest absolute Gasteiger partial charge is 0.215 e. The first kappa shape index (κ1) is 11.6. The molecule has 0 atom stereocenters. The Balaban J connectivity index is 1.85. The van der Waals surface area contributed by atoms with Gasteiger partial charge in [0.05, 0.1) is 12.6 Å². The number of rotatable bonds is 4. The van der Waals surface area contributed by atoms with E-state index >= 15 is 0 Å². The normalized spacial score (nSPS) is 15.0. The molecule has 0 saturated heterocycles. The molecule has 7 heteroatoms. The minimum absolute atomic E-state index is 0.0125. The van der Waals surface area contributed by atoms with Crippen LogP contribution in [0.25, 0.3) is 0 Å². The van der Waals surface area contributed by atoms with Gasteiger partial charge in [-0.15, -0.1) is 5.10 Å². The fourth-order valence-corrected chi connectivity index (χ4v) is 2.56. The minimum atomic E-state index is 0.0125. The molecule has 6 nitrogen and oxygen atoms in total. The van der Waals surface area contributed by atoms with Crippen molar-refractivity contribution in [2.75, 3.05) is 0 Å². The highest BCUT2D eigenvalue weighted by atomic mass is 32.2. The third kappa shape index (κ3) is 2.23. The molecule has 0 unspecified atom stereocenters. The topological polar surface area (TPSA) is 76.7 Å². The molecule has 0 spiro atoms. The van der Waals surface area contributed by atoms with Gasteiger partial charge >= 0.3 is 0 Å². The van der Waals surface area contributed by atoms with Gasteiger partial charge in [-0.25, -0.2) is 9.67 Å². The summed E-state index contributed by atoms with van der Waals surface area (Å²) >= 11 is 1.47. The van der Waals surface area contributed by atoms with E-state index in [-0.39, 0.29) is 6.61 Å². The molecule has 2 heterocycles. The predicted octanol–water partition coefficient (Wildman–Crippen LogP) is 1.35. The van der Waals surface area contributed by atoms with Crippen LogP contribution < -0.4 is 0 Å². The van der Waals surface area contributed by atoms with Crippen LogP contribution in [0.4, 0.5) is 0 Å². The van der Waals surface area contributed by atoms with Crippen LogP contribution in [0.3, 0.4) is 0 Å². The summed E-state index contributed by atoms with van der Waals surface area (Å²) in [5.41, 5.74) is 1.84. The van der Waals surface area contributed by atoms with Gasteiger partial charge in [-0.2, -0.15) is 0 Å². The van der Waals surface area contributed by atoms with Crippen LogP contribution in [0.15, 0.2) is 22.4 Å². The molecule has 0 bridgehead atoms. The molecule has 3 rings (SSSR count). The molecule has 1 N–H and O–H groups in total. The van der Waals surface area contributed by atoms with E-state index in [0.29, 0.717) is 6.04 Å². The van der Waals surface area contributed by atoms with Gasteiger partial charge in [0, 0.05) is 6.20 Å². The summed E-state index contributed by atoms with van der Waals surface area (Å²) in [6.45, 7) is 1.98. The highest BCUT2D eigenvalue weighted by molar-refractivity contribution is 7.99. The average Bonchev–Trinajstić information content (AvgIpc) is 3.12. The van der Waals surface area contributed by atoms with E-state index in [1.807, 2.05) is 17.7 Å². The summed E-state index contributed by atoms with van der Waals surface area (Å²) in [6.07, 6.45) is 3.98. The maximum absolute atomic E-state index is 9.05. The lowest BCUT2D eigenvalue weighted by atomic mass is 10.2. The van der Waals surface area contributed by atoms with Gasteiger partial charge < -0.3 is 5.11 Å². The Morgan fingerprint density at radius 3 is 3.00 bits per heavy atom. The number of hydrogen-bond donors (Lipinski definition) is 1. The molecule has 18 heavy (non-hydrogen) atoms. The van der Waals surface area contributed by atoms with E-state index in [0.717, 1.165) is 34.2 Å². The highest BCUT2D eigenvalue weighted by Crippen LogP contribution is 2.38. The summed E-state index contributed by atoms with van der Waals surface area (Å²) in [7, 11) is 0. The van der Waals surface area contributed by atoms with Gasteiger partial charge in [0.2, 0.25) is 5.16 Å². The van der Waals surface area contributed by atoms with Gasteiger partial charge in [-0.05, 0) is 59.1 Å². The second-order valence-electron chi connectivity index (χ2n) is 4.36. The Morgan fingerprint density at radius 1 is 1.50 bits per heavy atom. The third-order valence-corrected chi connectivity index (χ3v) is 3.88. The molecule has 94 valence electrons. The van der Waals surface area contributed by atoms with Crippen LogP contribution in [-0.2, 0) is 6.61 Å². The quantitative estimate of drug-likeness (QED) is 0.897. The Morgan fingerprint density at radius 2 is 2.33 bits per heavy atom. The number of pyridine rings is 1. The van der Waals surface area contributed by atoms with Crippen molar-refractivity contribution in [3.05, 3.63) is 23.4 Å². The summed E-state index contributed by atoms with van der Waals surface area (Å²) < 4.78 is 1.87. The fourth-order valence-electron chi connectivity index (χ4n) is 1.70. The standard InChI is InChI=1S/C11H13N5OS/c1-7-4-8(6-17)5-12-10(7)18-11-13-14-15-16(11)9-2-3-9/h4-5,9,17H,2-3,6H2,1H3. The second kappa shape index (κ2) is 4.66. The van der Waals surface area contributed by atoms with E-state index in [1.165, 1.54) is 11.8 Å². The molecule has 2 aromatic heterocycles. The van der Waals surface area contributed by atoms with Gasteiger partial charge in [-0.1, -0.05) is 0 Å². The lowest BCUT2D eigenvalue weighted by Crippen LogP contribution is -1.99. The van der Waals surface area contributed by atoms with E-state index in [4.69, 9.17) is 5.11 Å². The summed E-state index contributed by atoms with van der Waals surface area (Å²) in [5, 5.41) is 22.5. The number of nitrogens with zero attached hydrogens (tertiary/aromatic N) is 5. The average molecular weight is 263 g/mol. The van der Waals surface area contributed by atoms with Crippen molar-refractivity contribution >= 4 is 11.8 Å². The molecule has 0 aromatic carbocycles. The summed E-state index contributed by atoms with van der Waals surface area (Å²) in [5.74, 6) is 0.